The minimum absolute atomic E-state index is 0.479. The normalized spacial score (nSPS) is 20.8. The molecular formula is C7H16O6. The van der Waals surface area contributed by atoms with Gasteiger partial charge in [-0.2, -0.15) is 0 Å². The van der Waals surface area contributed by atoms with Gasteiger partial charge in [0.25, 0.3) is 0 Å². The van der Waals surface area contributed by atoms with Crippen LogP contribution < -0.4 is 0 Å². The summed E-state index contributed by atoms with van der Waals surface area (Å²) in [6, 6.07) is 0. The fraction of sp³-hybridized carbons (Fsp3) is 1.00. The Bertz CT molecular complexity index is 128. The summed E-state index contributed by atoms with van der Waals surface area (Å²) in [5.41, 5.74) is 0. The topological polar surface area (TPSA) is 110 Å². The molecule has 0 aromatic carbocycles. The summed E-state index contributed by atoms with van der Waals surface area (Å²) in [6.45, 7) is 0.241. The summed E-state index contributed by atoms with van der Waals surface area (Å²) < 4.78 is 4.66. The quantitative estimate of drug-likeness (QED) is 0.298. The lowest BCUT2D eigenvalue weighted by molar-refractivity contribution is -0.217. The molecule has 0 aliphatic rings. The smallest absolute Gasteiger partial charge is 0.183 e. The molecule has 0 bridgehead atoms. The minimum Gasteiger partial charge on any atom is -0.394 e. The van der Waals surface area contributed by atoms with Gasteiger partial charge in [0.15, 0.2) is 6.29 Å². The number of aliphatic hydroxyl groups excluding tert-OH is 5. The average molecular weight is 196 g/mol. The lowest BCUT2D eigenvalue weighted by Crippen LogP contribution is -2.40. The molecule has 0 saturated heterocycles. The molecule has 0 rings (SSSR count). The molecule has 6 nitrogen and oxygen atoms in total. The first-order valence-corrected chi connectivity index (χ1v) is 3.94. The Morgan fingerprint density at radius 1 is 1.08 bits per heavy atom. The molecule has 13 heavy (non-hydrogen) atoms. The molecular weight excluding hydrogens is 180 g/mol. The van der Waals surface area contributed by atoms with Crippen LogP contribution in [0, 0.1) is 0 Å². The Balaban J connectivity index is 3.93. The van der Waals surface area contributed by atoms with E-state index in [2.05, 4.69) is 4.74 Å². The molecule has 0 heterocycles. The SMILES string of the molecule is CC(O)C(CO)O[C@H](O)C(O)CO. The highest BCUT2D eigenvalue weighted by atomic mass is 16.6. The molecule has 0 fully saturated rings. The van der Waals surface area contributed by atoms with E-state index in [0.717, 1.165) is 0 Å². The number of hydrogen-bond acceptors (Lipinski definition) is 6. The lowest BCUT2D eigenvalue weighted by Gasteiger charge is -2.24. The maximum atomic E-state index is 9.01. The zero-order chi connectivity index (χ0) is 10.4. The van der Waals surface area contributed by atoms with E-state index in [1.807, 2.05) is 0 Å². The van der Waals surface area contributed by atoms with Gasteiger partial charge in [-0.3, -0.25) is 0 Å². The van der Waals surface area contributed by atoms with Crippen molar-refractivity contribution < 1.29 is 30.3 Å². The second kappa shape index (κ2) is 6.25. The van der Waals surface area contributed by atoms with E-state index < -0.39 is 37.8 Å². The Morgan fingerprint density at radius 3 is 1.92 bits per heavy atom. The number of aliphatic hydroxyl groups is 5. The highest BCUT2D eigenvalue weighted by Crippen LogP contribution is 2.04. The summed E-state index contributed by atoms with van der Waals surface area (Å²) >= 11 is 0. The highest BCUT2D eigenvalue weighted by Gasteiger charge is 2.23. The molecule has 0 radical (unpaired) electrons. The van der Waals surface area contributed by atoms with E-state index in [4.69, 9.17) is 25.5 Å². The minimum atomic E-state index is -1.61. The van der Waals surface area contributed by atoms with Gasteiger partial charge in [0.1, 0.15) is 12.2 Å². The van der Waals surface area contributed by atoms with Crippen molar-refractivity contribution in [3.63, 3.8) is 0 Å². The first-order chi connectivity index (χ1) is 6.02. The van der Waals surface area contributed by atoms with Crippen molar-refractivity contribution in [1.82, 2.24) is 0 Å². The number of rotatable bonds is 6. The van der Waals surface area contributed by atoms with Crippen molar-refractivity contribution in [2.75, 3.05) is 13.2 Å². The van der Waals surface area contributed by atoms with Crippen LogP contribution in [0.4, 0.5) is 0 Å². The molecule has 3 unspecified atom stereocenters. The van der Waals surface area contributed by atoms with Gasteiger partial charge in [-0.1, -0.05) is 0 Å². The van der Waals surface area contributed by atoms with Gasteiger partial charge in [-0.05, 0) is 6.92 Å². The molecule has 0 aromatic heterocycles. The molecule has 80 valence electrons. The molecule has 0 aliphatic heterocycles. The van der Waals surface area contributed by atoms with Crippen LogP contribution >= 0.6 is 0 Å². The maximum absolute atomic E-state index is 9.01. The van der Waals surface area contributed by atoms with Crippen LogP contribution in [0.3, 0.4) is 0 Å². The van der Waals surface area contributed by atoms with Crippen LogP contribution in [-0.2, 0) is 4.74 Å². The van der Waals surface area contributed by atoms with Crippen LogP contribution in [-0.4, -0.2) is 63.3 Å². The van der Waals surface area contributed by atoms with Gasteiger partial charge in [0.2, 0.25) is 0 Å². The Kier molecular flexibility index (Phi) is 6.13. The van der Waals surface area contributed by atoms with Gasteiger partial charge < -0.3 is 30.3 Å². The monoisotopic (exact) mass is 196 g/mol. The van der Waals surface area contributed by atoms with Gasteiger partial charge >= 0.3 is 0 Å². The third kappa shape index (κ3) is 4.51. The fourth-order valence-corrected chi connectivity index (χ4v) is 0.669. The fourth-order valence-electron chi connectivity index (χ4n) is 0.669. The van der Waals surface area contributed by atoms with E-state index in [9.17, 15) is 0 Å². The predicted octanol–water partition coefficient (Wildman–Crippen LogP) is -2.58. The summed E-state index contributed by atoms with van der Waals surface area (Å²) in [6.07, 6.45) is -4.99. The van der Waals surface area contributed by atoms with Crippen molar-refractivity contribution in [2.45, 2.75) is 31.5 Å². The molecule has 0 spiro atoms. The van der Waals surface area contributed by atoms with Gasteiger partial charge in [0, 0.05) is 0 Å². The second-order valence-electron chi connectivity index (χ2n) is 2.74. The van der Waals surface area contributed by atoms with Crippen LogP contribution in [0.5, 0.6) is 0 Å². The van der Waals surface area contributed by atoms with Crippen molar-refractivity contribution in [3.05, 3.63) is 0 Å². The van der Waals surface area contributed by atoms with Crippen molar-refractivity contribution in [1.29, 1.82) is 0 Å². The average Bonchev–Trinajstić information content (AvgIpc) is 2.11. The largest absolute Gasteiger partial charge is 0.394 e. The molecule has 5 N–H and O–H groups in total. The molecule has 0 aromatic rings. The Morgan fingerprint density at radius 2 is 1.62 bits per heavy atom. The maximum Gasteiger partial charge on any atom is 0.183 e. The van der Waals surface area contributed by atoms with Crippen molar-refractivity contribution >= 4 is 0 Å². The lowest BCUT2D eigenvalue weighted by atomic mass is 10.2. The van der Waals surface area contributed by atoms with Gasteiger partial charge in [-0.15, -0.1) is 0 Å². The third-order valence-corrected chi connectivity index (χ3v) is 1.55. The van der Waals surface area contributed by atoms with Crippen molar-refractivity contribution in [3.8, 4) is 0 Å². The molecule has 6 heteroatoms. The molecule has 0 amide bonds. The van der Waals surface area contributed by atoms with Crippen LogP contribution in [0.1, 0.15) is 6.92 Å². The summed E-state index contributed by atoms with van der Waals surface area (Å²) in [7, 11) is 0. The number of ether oxygens (including phenoxy) is 1. The molecule has 0 saturated carbocycles. The van der Waals surface area contributed by atoms with Crippen molar-refractivity contribution in [2.24, 2.45) is 0 Å². The summed E-state index contributed by atoms with van der Waals surface area (Å²) in [5, 5.41) is 43.9. The Labute approximate surface area is 76.0 Å². The van der Waals surface area contributed by atoms with Crippen LogP contribution in [0.25, 0.3) is 0 Å². The first kappa shape index (κ1) is 12.8. The predicted molar refractivity (Wildman–Crippen MR) is 42.7 cm³/mol. The highest BCUT2D eigenvalue weighted by molar-refractivity contribution is 4.66. The van der Waals surface area contributed by atoms with E-state index in [0.29, 0.717) is 0 Å². The zero-order valence-corrected chi connectivity index (χ0v) is 7.37. The van der Waals surface area contributed by atoms with E-state index in [1.54, 1.807) is 0 Å². The summed E-state index contributed by atoms with van der Waals surface area (Å²) in [5.74, 6) is 0. The molecule has 4 atom stereocenters. The number of hydrogen-bond donors (Lipinski definition) is 5. The standard InChI is InChI=1S/C7H16O6/c1-4(10)6(3-9)13-7(12)5(11)2-8/h4-12H,2-3H2,1H3/t4?,5?,6?,7-/m0/s1. The zero-order valence-electron chi connectivity index (χ0n) is 7.37. The Hall–Kier alpha value is -0.240. The van der Waals surface area contributed by atoms with Crippen LogP contribution in [0.2, 0.25) is 0 Å². The summed E-state index contributed by atoms with van der Waals surface area (Å²) in [4.78, 5) is 0. The van der Waals surface area contributed by atoms with E-state index >= 15 is 0 Å². The molecule has 0 aliphatic carbocycles. The van der Waals surface area contributed by atoms with Gasteiger partial charge in [-0.25, -0.2) is 0 Å². The van der Waals surface area contributed by atoms with Crippen LogP contribution in [0.15, 0.2) is 0 Å². The second-order valence-corrected chi connectivity index (χ2v) is 2.74. The third-order valence-electron chi connectivity index (χ3n) is 1.55. The van der Waals surface area contributed by atoms with Gasteiger partial charge in [0.05, 0.1) is 19.3 Å². The van der Waals surface area contributed by atoms with E-state index in [-0.39, 0.29) is 0 Å². The first-order valence-electron chi connectivity index (χ1n) is 3.94. The van der Waals surface area contributed by atoms with E-state index in [1.165, 1.54) is 6.92 Å².